The van der Waals surface area contributed by atoms with Gasteiger partial charge in [0, 0.05) is 6.04 Å². The van der Waals surface area contributed by atoms with Crippen LogP contribution in [0.4, 0.5) is 4.39 Å². The van der Waals surface area contributed by atoms with Crippen molar-refractivity contribution in [3.05, 3.63) is 35.1 Å². The number of hydrogen-bond acceptors (Lipinski definition) is 1. The molecule has 1 aromatic rings. The number of nitrogens with one attached hydrogen (secondary N) is 1. The van der Waals surface area contributed by atoms with E-state index < -0.39 is 5.82 Å². The standard InChI is InChI=1S/C17H24FNO/c1-3-16(13-7-5-4-6-8-13)19-17(20)14-10-9-12(2)11-15(14)18/h9-11,13,16H,3-8H2,1-2H3,(H,19,20). The van der Waals surface area contributed by atoms with Gasteiger partial charge in [0.25, 0.3) is 5.91 Å². The van der Waals surface area contributed by atoms with Crippen molar-refractivity contribution in [3.63, 3.8) is 0 Å². The Balaban J connectivity index is 2.04. The first-order chi connectivity index (χ1) is 9.61. The summed E-state index contributed by atoms with van der Waals surface area (Å²) < 4.78 is 13.8. The van der Waals surface area contributed by atoms with Crippen LogP contribution in [0.3, 0.4) is 0 Å². The molecule has 1 atom stereocenters. The number of amides is 1. The van der Waals surface area contributed by atoms with Crippen LogP contribution in [0, 0.1) is 18.7 Å². The van der Waals surface area contributed by atoms with Gasteiger partial charge in [0.1, 0.15) is 5.82 Å². The topological polar surface area (TPSA) is 29.1 Å². The van der Waals surface area contributed by atoms with Crippen LogP contribution in [-0.4, -0.2) is 11.9 Å². The van der Waals surface area contributed by atoms with Crippen molar-refractivity contribution in [3.8, 4) is 0 Å². The summed E-state index contributed by atoms with van der Waals surface area (Å²) >= 11 is 0. The van der Waals surface area contributed by atoms with Gasteiger partial charge in [-0.2, -0.15) is 0 Å². The van der Waals surface area contributed by atoms with Crippen molar-refractivity contribution in [1.29, 1.82) is 0 Å². The second-order valence-corrected chi connectivity index (χ2v) is 5.87. The highest BCUT2D eigenvalue weighted by Crippen LogP contribution is 2.28. The minimum absolute atomic E-state index is 0.157. The van der Waals surface area contributed by atoms with E-state index >= 15 is 0 Å². The number of carbonyl (C=O) groups excluding carboxylic acids is 1. The molecule has 1 fully saturated rings. The molecule has 3 heteroatoms. The molecule has 0 radical (unpaired) electrons. The zero-order valence-electron chi connectivity index (χ0n) is 12.4. The summed E-state index contributed by atoms with van der Waals surface area (Å²) in [7, 11) is 0. The zero-order chi connectivity index (χ0) is 14.5. The number of aryl methyl sites for hydroxylation is 1. The summed E-state index contributed by atoms with van der Waals surface area (Å²) in [6.45, 7) is 3.91. The largest absolute Gasteiger partial charge is 0.349 e. The van der Waals surface area contributed by atoms with Gasteiger partial charge in [-0.1, -0.05) is 32.3 Å². The molecule has 1 aliphatic rings. The Morgan fingerprint density at radius 1 is 1.35 bits per heavy atom. The van der Waals surface area contributed by atoms with E-state index in [0.29, 0.717) is 5.92 Å². The predicted octanol–water partition coefficient (Wildman–Crippen LogP) is 4.22. The monoisotopic (exact) mass is 277 g/mol. The molecule has 0 aliphatic heterocycles. The molecule has 1 unspecified atom stereocenters. The van der Waals surface area contributed by atoms with Crippen LogP contribution >= 0.6 is 0 Å². The lowest BCUT2D eigenvalue weighted by atomic mass is 9.83. The van der Waals surface area contributed by atoms with Gasteiger partial charge in [0.2, 0.25) is 0 Å². The number of benzene rings is 1. The van der Waals surface area contributed by atoms with Gasteiger partial charge in [0.15, 0.2) is 0 Å². The third kappa shape index (κ3) is 3.59. The summed E-state index contributed by atoms with van der Waals surface area (Å²) in [5, 5.41) is 3.03. The highest BCUT2D eigenvalue weighted by Gasteiger charge is 2.24. The second kappa shape index (κ2) is 6.87. The quantitative estimate of drug-likeness (QED) is 0.877. The van der Waals surface area contributed by atoms with Gasteiger partial charge in [0.05, 0.1) is 5.56 Å². The fraction of sp³-hybridized carbons (Fsp3) is 0.588. The summed E-state index contributed by atoms with van der Waals surface area (Å²) in [5.74, 6) is -0.160. The SMILES string of the molecule is CCC(NC(=O)c1ccc(C)cc1F)C1CCCCC1. The van der Waals surface area contributed by atoms with E-state index in [2.05, 4.69) is 12.2 Å². The molecule has 110 valence electrons. The predicted molar refractivity (Wildman–Crippen MR) is 79.3 cm³/mol. The van der Waals surface area contributed by atoms with Gasteiger partial charge in [-0.25, -0.2) is 4.39 Å². The third-order valence-electron chi connectivity index (χ3n) is 4.34. The van der Waals surface area contributed by atoms with E-state index in [1.807, 2.05) is 6.92 Å². The van der Waals surface area contributed by atoms with Gasteiger partial charge in [-0.3, -0.25) is 4.79 Å². The fourth-order valence-electron chi connectivity index (χ4n) is 3.14. The fourth-order valence-corrected chi connectivity index (χ4v) is 3.14. The summed E-state index contributed by atoms with van der Waals surface area (Å²) in [4.78, 5) is 12.2. The summed E-state index contributed by atoms with van der Waals surface area (Å²) in [5.41, 5.74) is 0.989. The number of hydrogen-bond donors (Lipinski definition) is 1. The van der Waals surface area contributed by atoms with Crippen molar-refractivity contribution >= 4 is 5.91 Å². The molecule has 1 N–H and O–H groups in total. The third-order valence-corrected chi connectivity index (χ3v) is 4.34. The molecular weight excluding hydrogens is 253 g/mol. The van der Waals surface area contributed by atoms with E-state index in [4.69, 9.17) is 0 Å². The molecule has 20 heavy (non-hydrogen) atoms. The Morgan fingerprint density at radius 2 is 2.05 bits per heavy atom. The molecule has 0 saturated heterocycles. The molecule has 1 aromatic carbocycles. The maximum Gasteiger partial charge on any atom is 0.254 e. The van der Waals surface area contributed by atoms with Crippen LogP contribution in [0.2, 0.25) is 0 Å². The Kier molecular flexibility index (Phi) is 5.16. The van der Waals surface area contributed by atoms with Crippen LogP contribution in [0.5, 0.6) is 0 Å². The van der Waals surface area contributed by atoms with Gasteiger partial charge < -0.3 is 5.32 Å². The molecule has 0 bridgehead atoms. The molecular formula is C17H24FNO. The smallest absolute Gasteiger partial charge is 0.254 e. The Labute approximate surface area is 120 Å². The van der Waals surface area contributed by atoms with Gasteiger partial charge in [-0.15, -0.1) is 0 Å². The van der Waals surface area contributed by atoms with E-state index in [1.54, 1.807) is 12.1 Å². The van der Waals surface area contributed by atoms with E-state index in [1.165, 1.54) is 38.2 Å². The van der Waals surface area contributed by atoms with Crippen molar-refractivity contribution in [1.82, 2.24) is 5.32 Å². The Hall–Kier alpha value is -1.38. The van der Waals surface area contributed by atoms with Gasteiger partial charge in [-0.05, 0) is 49.8 Å². The first-order valence-electron chi connectivity index (χ1n) is 7.69. The van der Waals surface area contributed by atoms with E-state index in [9.17, 15) is 9.18 Å². The first-order valence-corrected chi connectivity index (χ1v) is 7.69. The maximum atomic E-state index is 13.8. The van der Waals surface area contributed by atoms with Crippen LogP contribution in [0.1, 0.15) is 61.4 Å². The normalized spacial score (nSPS) is 17.8. The van der Waals surface area contributed by atoms with Crippen LogP contribution in [0.25, 0.3) is 0 Å². The lowest BCUT2D eigenvalue weighted by Gasteiger charge is -2.30. The molecule has 0 aromatic heterocycles. The summed E-state index contributed by atoms with van der Waals surface area (Å²) in [6, 6.07) is 4.94. The van der Waals surface area contributed by atoms with E-state index in [-0.39, 0.29) is 17.5 Å². The van der Waals surface area contributed by atoms with Crippen molar-refractivity contribution in [2.45, 2.75) is 58.4 Å². The lowest BCUT2D eigenvalue weighted by molar-refractivity contribution is 0.0907. The molecule has 0 heterocycles. The average Bonchev–Trinajstić information content (AvgIpc) is 2.45. The maximum absolute atomic E-state index is 13.8. The van der Waals surface area contributed by atoms with Crippen molar-refractivity contribution in [2.75, 3.05) is 0 Å². The molecule has 2 nitrogen and oxygen atoms in total. The van der Waals surface area contributed by atoms with Crippen LogP contribution < -0.4 is 5.32 Å². The Bertz CT molecular complexity index is 466. The zero-order valence-corrected chi connectivity index (χ0v) is 12.4. The number of halogens is 1. The highest BCUT2D eigenvalue weighted by atomic mass is 19.1. The average molecular weight is 277 g/mol. The Morgan fingerprint density at radius 3 is 2.65 bits per heavy atom. The van der Waals surface area contributed by atoms with Crippen LogP contribution in [0.15, 0.2) is 18.2 Å². The second-order valence-electron chi connectivity index (χ2n) is 5.87. The van der Waals surface area contributed by atoms with E-state index in [0.717, 1.165) is 12.0 Å². The molecule has 0 spiro atoms. The highest BCUT2D eigenvalue weighted by molar-refractivity contribution is 5.94. The minimum atomic E-state index is -0.430. The molecule has 2 rings (SSSR count). The molecule has 1 saturated carbocycles. The van der Waals surface area contributed by atoms with Gasteiger partial charge >= 0.3 is 0 Å². The lowest BCUT2D eigenvalue weighted by Crippen LogP contribution is -2.41. The minimum Gasteiger partial charge on any atom is -0.349 e. The molecule has 1 aliphatic carbocycles. The summed E-state index contributed by atoms with van der Waals surface area (Å²) in [6.07, 6.45) is 7.05. The number of carbonyl (C=O) groups is 1. The van der Waals surface area contributed by atoms with Crippen LogP contribution in [-0.2, 0) is 0 Å². The van der Waals surface area contributed by atoms with Crippen molar-refractivity contribution in [2.24, 2.45) is 5.92 Å². The van der Waals surface area contributed by atoms with Crippen molar-refractivity contribution < 1.29 is 9.18 Å². The number of rotatable bonds is 4. The molecule has 1 amide bonds. The first kappa shape index (κ1) is 15.0.